The summed E-state index contributed by atoms with van der Waals surface area (Å²) in [6.07, 6.45) is 0. The Morgan fingerprint density at radius 2 is 1.10 bits per heavy atom. The molecule has 5 aromatic carbocycles. The summed E-state index contributed by atoms with van der Waals surface area (Å²) in [4.78, 5) is 0. The first kappa shape index (κ1) is 16.7. The molecule has 0 bridgehead atoms. The molecule has 0 saturated heterocycles. The lowest BCUT2D eigenvalue weighted by Crippen LogP contribution is -1.96. The zero-order chi connectivity index (χ0) is 20.4. The van der Waals surface area contributed by atoms with Crippen molar-refractivity contribution >= 4 is 21.8 Å². The quantitative estimate of drug-likeness (QED) is 0.265. The van der Waals surface area contributed by atoms with Crippen LogP contribution in [0.5, 0.6) is 0 Å². The van der Waals surface area contributed by atoms with Gasteiger partial charge in [-0.25, -0.2) is 0 Å². The molecule has 0 radical (unpaired) electrons. The van der Waals surface area contributed by atoms with E-state index < -0.39 is 0 Å². The molecule has 1 nitrogen and oxygen atoms in total. The second kappa shape index (κ2) is 6.20. The summed E-state index contributed by atoms with van der Waals surface area (Å²) >= 11 is 0. The zero-order valence-corrected chi connectivity index (χ0v) is 16.9. The molecule has 0 saturated carbocycles. The third-order valence-electron chi connectivity index (χ3n) is 6.55. The smallest absolute Gasteiger partial charge is 0.0619 e. The van der Waals surface area contributed by atoms with Crippen molar-refractivity contribution in [2.45, 2.75) is 0 Å². The van der Waals surface area contributed by atoms with E-state index in [1.807, 2.05) is 0 Å². The monoisotopic (exact) mass is 393 g/mol. The molecular weight excluding hydrogens is 374 g/mol. The Kier molecular flexibility index (Phi) is 3.33. The van der Waals surface area contributed by atoms with Gasteiger partial charge in [0.05, 0.1) is 16.7 Å². The summed E-state index contributed by atoms with van der Waals surface area (Å²) in [7, 11) is 0. The fourth-order valence-electron chi connectivity index (χ4n) is 5.19. The number of hydrogen-bond acceptors (Lipinski definition) is 0. The van der Waals surface area contributed by atoms with Gasteiger partial charge in [-0.05, 0) is 34.4 Å². The molecule has 7 rings (SSSR count). The molecular formula is C30H19N. The van der Waals surface area contributed by atoms with Crippen LogP contribution in [-0.4, -0.2) is 4.57 Å². The molecule has 144 valence electrons. The van der Waals surface area contributed by atoms with Gasteiger partial charge in [0.1, 0.15) is 0 Å². The lowest BCUT2D eigenvalue weighted by molar-refractivity contribution is 1.19. The van der Waals surface area contributed by atoms with E-state index in [1.165, 1.54) is 60.9 Å². The highest BCUT2D eigenvalue weighted by molar-refractivity contribution is 6.16. The van der Waals surface area contributed by atoms with Crippen molar-refractivity contribution in [3.63, 3.8) is 0 Å². The third-order valence-corrected chi connectivity index (χ3v) is 6.55. The second-order valence-electron chi connectivity index (χ2n) is 8.20. The number of rotatable bonds is 1. The molecule has 0 N–H and O–H groups in total. The van der Waals surface area contributed by atoms with E-state index >= 15 is 0 Å². The maximum atomic E-state index is 2.47. The molecule has 31 heavy (non-hydrogen) atoms. The van der Waals surface area contributed by atoms with Crippen LogP contribution in [0.1, 0.15) is 0 Å². The molecule has 6 aromatic rings. The van der Waals surface area contributed by atoms with E-state index in [4.69, 9.17) is 0 Å². The van der Waals surface area contributed by atoms with Gasteiger partial charge in [0.2, 0.25) is 0 Å². The fourth-order valence-corrected chi connectivity index (χ4v) is 5.19. The van der Waals surface area contributed by atoms with Crippen LogP contribution in [0.2, 0.25) is 0 Å². The molecule has 0 spiro atoms. The SMILES string of the molecule is c1ccc(-c2ccc3c(c2)-n2c4ccccc4c4cccc(c42)-c2ccccc2-3)cc1. The van der Waals surface area contributed by atoms with Crippen LogP contribution >= 0.6 is 0 Å². The van der Waals surface area contributed by atoms with Gasteiger partial charge in [0.15, 0.2) is 0 Å². The number of para-hydroxylation sites is 2. The fraction of sp³-hybridized carbons (Fsp3) is 0. The number of fused-ring (bicyclic) bond motifs is 8. The van der Waals surface area contributed by atoms with Crippen LogP contribution in [0.15, 0.2) is 115 Å². The number of benzene rings is 5. The van der Waals surface area contributed by atoms with Gasteiger partial charge in [-0.2, -0.15) is 0 Å². The predicted octanol–water partition coefficient (Wildman–Crippen LogP) is 8.10. The van der Waals surface area contributed by atoms with Crippen molar-refractivity contribution in [3.05, 3.63) is 115 Å². The molecule has 0 unspecified atom stereocenters. The summed E-state index contributed by atoms with van der Waals surface area (Å²) in [5, 5.41) is 2.61. The van der Waals surface area contributed by atoms with E-state index in [2.05, 4.69) is 120 Å². The summed E-state index contributed by atoms with van der Waals surface area (Å²) in [6.45, 7) is 0. The van der Waals surface area contributed by atoms with E-state index in [1.54, 1.807) is 0 Å². The van der Waals surface area contributed by atoms with E-state index in [0.29, 0.717) is 0 Å². The largest absolute Gasteiger partial charge is 0.308 e. The van der Waals surface area contributed by atoms with Gasteiger partial charge >= 0.3 is 0 Å². The van der Waals surface area contributed by atoms with Gasteiger partial charge in [-0.15, -0.1) is 0 Å². The van der Waals surface area contributed by atoms with Crippen molar-refractivity contribution in [1.82, 2.24) is 4.57 Å². The molecule has 0 aliphatic carbocycles. The minimum absolute atomic E-state index is 1.24. The molecule has 0 fully saturated rings. The average molecular weight is 393 g/mol. The highest BCUT2D eigenvalue weighted by Crippen LogP contribution is 2.47. The molecule has 1 aliphatic heterocycles. The summed E-state index contributed by atoms with van der Waals surface area (Å²) in [5.74, 6) is 0. The van der Waals surface area contributed by atoms with Gasteiger partial charge in [-0.1, -0.05) is 103 Å². The Hall–Kier alpha value is -4.10. The Bertz CT molecular complexity index is 1620. The van der Waals surface area contributed by atoms with Crippen LogP contribution in [0.4, 0.5) is 0 Å². The topological polar surface area (TPSA) is 4.93 Å². The molecule has 2 heterocycles. The van der Waals surface area contributed by atoms with Crippen molar-refractivity contribution in [1.29, 1.82) is 0 Å². The lowest BCUT2D eigenvalue weighted by atomic mass is 9.92. The molecule has 1 heteroatoms. The standard InChI is InChI=1S/C30H19N/c1-2-9-20(10-3-1)21-17-18-25-22-11-4-5-12-23(22)26-14-8-15-27-24-13-6-7-16-28(24)31(30(26)27)29(25)19-21/h1-19H. The van der Waals surface area contributed by atoms with Crippen LogP contribution in [0, 0.1) is 0 Å². The van der Waals surface area contributed by atoms with Crippen LogP contribution < -0.4 is 0 Å². The Morgan fingerprint density at radius 3 is 1.97 bits per heavy atom. The second-order valence-corrected chi connectivity index (χ2v) is 8.20. The van der Waals surface area contributed by atoms with E-state index in [-0.39, 0.29) is 0 Å². The zero-order valence-electron chi connectivity index (χ0n) is 16.9. The normalized spacial score (nSPS) is 11.9. The highest BCUT2D eigenvalue weighted by Gasteiger charge is 2.24. The maximum absolute atomic E-state index is 2.47. The van der Waals surface area contributed by atoms with Crippen molar-refractivity contribution in [2.75, 3.05) is 0 Å². The molecule has 1 aromatic heterocycles. The van der Waals surface area contributed by atoms with Crippen molar-refractivity contribution in [2.24, 2.45) is 0 Å². The predicted molar refractivity (Wildman–Crippen MR) is 131 cm³/mol. The van der Waals surface area contributed by atoms with Crippen LogP contribution in [-0.2, 0) is 0 Å². The van der Waals surface area contributed by atoms with E-state index in [0.717, 1.165) is 0 Å². The first-order valence-corrected chi connectivity index (χ1v) is 10.7. The molecule has 0 atom stereocenters. The third kappa shape index (κ3) is 2.26. The Labute approximate surface area is 180 Å². The van der Waals surface area contributed by atoms with Gasteiger partial charge in [-0.3, -0.25) is 0 Å². The average Bonchev–Trinajstić information content (AvgIpc) is 3.12. The van der Waals surface area contributed by atoms with Gasteiger partial charge in [0.25, 0.3) is 0 Å². The Balaban J connectivity index is 1.71. The summed E-state index contributed by atoms with van der Waals surface area (Å²) in [6, 6.07) is 41.8. The number of hydrogen-bond donors (Lipinski definition) is 0. The van der Waals surface area contributed by atoms with Crippen molar-refractivity contribution < 1.29 is 0 Å². The molecule has 0 amide bonds. The summed E-state index contributed by atoms with van der Waals surface area (Å²) in [5.41, 5.74) is 11.4. The highest BCUT2D eigenvalue weighted by atomic mass is 15.0. The minimum Gasteiger partial charge on any atom is -0.308 e. The van der Waals surface area contributed by atoms with E-state index in [9.17, 15) is 0 Å². The molecule has 1 aliphatic rings. The van der Waals surface area contributed by atoms with Gasteiger partial charge in [0, 0.05) is 21.9 Å². The number of nitrogens with zero attached hydrogens (tertiary/aromatic N) is 1. The van der Waals surface area contributed by atoms with Gasteiger partial charge < -0.3 is 4.57 Å². The van der Waals surface area contributed by atoms with Crippen LogP contribution in [0.25, 0.3) is 60.9 Å². The number of aromatic nitrogens is 1. The lowest BCUT2D eigenvalue weighted by Gasteiger charge is -2.14. The summed E-state index contributed by atoms with van der Waals surface area (Å²) < 4.78 is 2.47. The first-order valence-electron chi connectivity index (χ1n) is 10.7. The van der Waals surface area contributed by atoms with Crippen molar-refractivity contribution in [3.8, 4) is 39.1 Å². The first-order chi connectivity index (χ1) is 15.4. The Morgan fingerprint density at radius 1 is 0.419 bits per heavy atom. The van der Waals surface area contributed by atoms with Crippen LogP contribution in [0.3, 0.4) is 0 Å². The maximum Gasteiger partial charge on any atom is 0.0619 e. The minimum atomic E-state index is 1.24.